The Balaban J connectivity index is -0.000000426. The van der Waals surface area contributed by atoms with Crippen LogP contribution in [0.25, 0.3) is 0 Å². The fourth-order valence-electron chi connectivity index (χ4n) is 1.39. The molecule has 0 radical (unpaired) electrons. The summed E-state index contributed by atoms with van der Waals surface area (Å²) in [5.41, 5.74) is 0. The zero-order chi connectivity index (χ0) is 22.7. The molecule has 9 nitrogen and oxygen atoms in total. The molecule has 0 spiro atoms. The zero-order valence-corrected chi connectivity index (χ0v) is 18.0. The minimum atomic E-state index is -1.23. The fourth-order valence-corrected chi connectivity index (χ4v) is 1.39. The van der Waals surface area contributed by atoms with Gasteiger partial charge in [-0.05, 0) is 54.4 Å². The number of ether oxygens (including phenoxy) is 3. The Morgan fingerprint density at radius 1 is 0.821 bits per heavy atom. The van der Waals surface area contributed by atoms with Crippen LogP contribution in [0.1, 0.15) is 74.1 Å². The SMILES string of the molecule is CC(C)OC(=O)CCCCC(=O)OC(C)C.CC(O)C(=O)O.CCOC(C)=O. The third-order valence-electron chi connectivity index (χ3n) is 2.45. The average Bonchev–Trinajstić information content (AvgIpc) is 2.51. The van der Waals surface area contributed by atoms with Gasteiger partial charge in [0.2, 0.25) is 0 Å². The van der Waals surface area contributed by atoms with Gasteiger partial charge >= 0.3 is 23.9 Å². The number of unbranched alkanes of at least 4 members (excludes halogenated alkanes) is 1. The van der Waals surface area contributed by atoms with Crippen molar-refractivity contribution < 1.29 is 43.6 Å². The number of rotatable bonds is 9. The zero-order valence-electron chi connectivity index (χ0n) is 18.0. The minimum absolute atomic E-state index is 0.0709. The second kappa shape index (κ2) is 19.6. The van der Waals surface area contributed by atoms with Crippen molar-refractivity contribution in [3.8, 4) is 0 Å². The van der Waals surface area contributed by atoms with Crippen LogP contribution in [0.4, 0.5) is 0 Å². The normalized spacial score (nSPS) is 10.6. The highest BCUT2D eigenvalue weighted by Crippen LogP contribution is 2.05. The molecule has 28 heavy (non-hydrogen) atoms. The van der Waals surface area contributed by atoms with Crippen molar-refractivity contribution in [2.24, 2.45) is 0 Å². The summed E-state index contributed by atoms with van der Waals surface area (Å²) >= 11 is 0. The van der Waals surface area contributed by atoms with Gasteiger partial charge in [-0.1, -0.05) is 0 Å². The molecule has 0 fully saturated rings. The lowest BCUT2D eigenvalue weighted by Crippen LogP contribution is -2.13. The molecule has 2 N–H and O–H groups in total. The first kappa shape index (κ1) is 30.6. The van der Waals surface area contributed by atoms with E-state index in [1.54, 1.807) is 6.92 Å². The number of hydrogen-bond donors (Lipinski definition) is 2. The Morgan fingerprint density at radius 2 is 1.14 bits per heavy atom. The van der Waals surface area contributed by atoms with Crippen LogP contribution >= 0.6 is 0 Å². The predicted octanol–water partition coefficient (Wildman–Crippen LogP) is 2.47. The van der Waals surface area contributed by atoms with Crippen LogP contribution in [0.3, 0.4) is 0 Å². The van der Waals surface area contributed by atoms with E-state index in [0.717, 1.165) is 0 Å². The maximum absolute atomic E-state index is 11.1. The number of carbonyl (C=O) groups excluding carboxylic acids is 3. The van der Waals surface area contributed by atoms with Crippen LogP contribution in [0.15, 0.2) is 0 Å². The lowest BCUT2D eigenvalue weighted by molar-refractivity contribution is -0.149. The number of esters is 3. The monoisotopic (exact) mass is 408 g/mol. The summed E-state index contributed by atoms with van der Waals surface area (Å²) in [4.78, 5) is 41.5. The number of aliphatic hydroxyl groups excluding tert-OH is 1. The third-order valence-corrected chi connectivity index (χ3v) is 2.45. The highest BCUT2D eigenvalue weighted by Gasteiger charge is 2.08. The van der Waals surface area contributed by atoms with E-state index >= 15 is 0 Å². The minimum Gasteiger partial charge on any atom is -0.479 e. The molecule has 0 rings (SSSR count). The number of carbonyl (C=O) groups is 4. The van der Waals surface area contributed by atoms with Crippen molar-refractivity contribution in [1.29, 1.82) is 0 Å². The Bertz CT molecular complexity index is 419. The quantitative estimate of drug-likeness (QED) is 0.335. The van der Waals surface area contributed by atoms with Crippen LogP contribution in [0.2, 0.25) is 0 Å². The van der Waals surface area contributed by atoms with Gasteiger partial charge in [0.05, 0.1) is 18.8 Å². The van der Waals surface area contributed by atoms with Crippen molar-refractivity contribution in [3.05, 3.63) is 0 Å². The molecule has 0 aliphatic heterocycles. The second-order valence-corrected chi connectivity index (χ2v) is 6.22. The molecule has 0 amide bonds. The summed E-state index contributed by atoms with van der Waals surface area (Å²) in [6.07, 6.45) is 0.694. The predicted molar refractivity (Wildman–Crippen MR) is 103 cm³/mol. The van der Waals surface area contributed by atoms with Gasteiger partial charge in [0.25, 0.3) is 0 Å². The maximum atomic E-state index is 11.1. The summed E-state index contributed by atoms with van der Waals surface area (Å²) in [7, 11) is 0. The van der Waals surface area contributed by atoms with Gasteiger partial charge in [0, 0.05) is 19.8 Å². The van der Waals surface area contributed by atoms with E-state index < -0.39 is 12.1 Å². The molecule has 0 heterocycles. The summed E-state index contributed by atoms with van der Waals surface area (Å²) in [5, 5.41) is 15.8. The Labute approximate surface area is 167 Å². The van der Waals surface area contributed by atoms with Gasteiger partial charge in [-0.3, -0.25) is 14.4 Å². The van der Waals surface area contributed by atoms with Gasteiger partial charge in [-0.2, -0.15) is 0 Å². The van der Waals surface area contributed by atoms with Gasteiger partial charge in [-0.25, -0.2) is 4.79 Å². The van der Waals surface area contributed by atoms with Crippen LogP contribution in [-0.4, -0.2) is 59.0 Å². The Hall–Kier alpha value is -2.16. The van der Waals surface area contributed by atoms with Gasteiger partial charge in [0.1, 0.15) is 6.10 Å². The summed E-state index contributed by atoms with van der Waals surface area (Å²) < 4.78 is 14.3. The molecule has 0 aliphatic rings. The van der Waals surface area contributed by atoms with E-state index in [0.29, 0.717) is 32.3 Å². The summed E-state index contributed by atoms with van der Waals surface area (Å²) in [5.74, 6) is -1.80. The van der Waals surface area contributed by atoms with E-state index in [9.17, 15) is 19.2 Å². The van der Waals surface area contributed by atoms with E-state index in [2.05, 4.69) is 4.74 Å². The molecule has 0 bridgehead atoms. The topological polar surface area (TPSA) is 136 Å². The molecule has 1 atom stereocenters. The molecule has 0 aliphatic carbocycles. The first-order valence-electron chi connectivity index (χ1n) is 9.26. The van der Waals surface area contributed by atoms with E-state index in [4.69, 9.17) is 19.7 Å². The molecule has 0 aromatic rings. The summed E-state index contributed by atoms with van der Waals surface area (Å²) in [6, 6.07) is 0. The van der Waals surface area contributed by atoms with Gasteiger partial charge in [-0.15, -0.1) is 0 Å². The molecule has 0 saturated carbocycles. The van der Waals surface area contributed by atoms with Gasteiger partial charge in [0.15, 0.2) is 0 Å². The Kier molecular flexibility index (Phi) is 21.4. The van der Waals surface area contributed by atoms with E-state index in [-0.39, 0.29) is 30.1 Å². The highest BCUT2D eigenvalue weighted by molar-refractivity contribution is 5.71. The van der Waals surface area contributed by atoms with Crippen molar-refractivity contribution in [3.63, 3.8) is 0 Å². The molecule has 0 aromatic heterocycles. The second-order valence-electron chi connectivity index (χ2n) is 6.22. The molecular weight excluding hydrogens is 372 g/mol. The fraction of sp³-hybridized carbons (Fsp3) is 0.789. The standard InChI is InChI=1S/C12H22O4.C4H8O2.C3H6O3/c1-9(2)15-11(13)7-5-6-8-12(14)16-10(3)4;1-3-6-4(2)5;1-2(4)3(5)6/h9-10H,5-8H2,1-4H3;3H2,1-2H3;2,4H,1H3,(H,5,6). The Morgan fingerprint density at radius 3 is 1.29 bits per heavy atom. The highest BCUT2D eigenvalue weighted by atomic mass is 16.5. The third kappa shape index (κ3) is 31.6. The van der Waals surface area contributed by atoms with E-state index in [1.807, 2.05) is 27.7 Å². The number of hydrogen-bond acceptors (Lipinski definition) is 8. The average molecular weight is 408 g/mol. The van der Waals surface area contributed by atoms with Crippen molar-refractivity contribution >= 4 is 23.9 Å². The van der Waals surface area contributed by atoms with Crippen LogP contribution < -0.4 is 0 Å². The first-order valence-corrected chi connectivity index (χ1v) is 9.26. The van der Waals surface area contributed by atoms with Crippen molar-refractivity contribution in [2.45, 2.75) is 92.5 Å². The van der Waals surface area contributed by atoms with Crippen LogP contribution in [-0.2, 0) is 33.4 Å². The summed E-state index contributed by atoms with van der Waals surface area (Å²) in [6.45, 7) is 12.1. The number of aliphatic carboxylic acids is 1. The molecule has 1 unspecified atom stereocenters. The first-order chi connectivity index (χ1) is 12.8. The smallest absolute Gasteiger partial charge is 0.332 e. The molecular formula is C19H36O9. The maximum Gasteiger partial charge on any atom is 0.332 e. The van der Waals surface area contributed by atoms with E-state index in [1.165, 1.54) is 13.8 Å². The molecule has 166 valence electrons. The number of aliphatic hydroxyl groups is 1. The van der Waals surface area contributed by atoms with Gasteiger partial charge < -0.3 is 24.4 Å². The molecule has 9 heteroatoms. The lowest BCUT2D eigenvalue weighted by atomic mass is 10.2. The largest absolute Gasteiger partial charge is 0.479 e. The molecule has 0 saturated heterocycles. The van der Waals surface area contributed by atoms with Crippen LogP contribution in [0, 0.1) is 0 Å². The number of carboxylic acids is 1. The number of carboxylic acid groups (broad SMARTS) is 1. The molecule has 0 aromatic carbocycles. The van der Waals surface area contributed by atoms with Crippen molar-refractivity contribution in [2.75, 3.05) is 6.61 Å². The lowest BCUT2D eigenvalue weighted by Gasteiger charge is -2.08. The van der Waals surface area contributed by atoms with Crippen LogP contribution in [0.5, 0.6) is 0 Å². The van der Waals surface area contributed by atoms with Crippen molar-refractivity contribution in [1.82, 2.24) is 0 Å².